The van der Waals surface area contributed by atoms with Gasteiger partial charge in [0.05, 0.1) is 0 Å². The van der Waals surface area contributed by atoms with Crippen LogP contribution in [-0.2, 0) is 9.59 Å². The predicted molar refractivity (Wildman–Crippen MR) is 43.7 cm³/mol. The maximum Gasteiger partial charge on any atom is 0.328 e. The van der Waals surface area contributed by atoms with Crippen LogP contribution in [0.2, 0.25) is 0 Å². The number of rotatable bonds is 3. The van der Waals surface area contributed by atoms with E-state index in [1.54, 1.807) is 13.8 Å². The van der Waals surface area contributed by atoms with Gasteiger partial charge in [-0.25, -0.2) is 10.2 Å². The van der Waals surface area contributed by atoms with Gasteiger partial charge in [-0.15, -0.1) is 0 Å². The topological polar surface area (TPSA) is 78.8 Å². The number of hydrazone groups is 1. The maximum atomic E-state index is 10.7. The minimum Gasteiger partial charge on any atom is -0.478 e. The lowest BCUT2D eigenvalue weighted by atomic mass is 10.5. The Morgan fingerprint density at radius 3 is 2.33 bits per heavy atom. The van der Waals surface area contributed by atoms with Crippen molar-refractivity contribution in [2.45, 2.75) is 13.8 Å². The molecule has 0 saturated carbocycles. The van der Waals surface area contributed by atoms with E-state index in [9.17, 15) is 9.59 Å². The molecule has 66 valence electrons. The smallest absolute Gasteiger partial charge is 0.328 e. The largest absolute Gasteiger partial charge is 0.478 e. The van der Waals surface area contributed by atoms with Gasteiger partial charge in [0, 0.05) is 17.9 Å². The number of amides is 1. The molecule has 0 aliphatic rings. The van der Waals surface area contributed by atoms with E-state index >= 15 is 0 Å². The number of nitrogens with zero attached hydrogens (tertiary/aromatic N) is 1. The first-order valence-corrected chi connectivity index (χ1v) is 3.24. The fourth-order valence-electron chi connectivity index (χ4n) is 0.351. The molecule has 0 bridgehead atoms. The monoisotopic (exact) mass is 170 g/mol. The molecule has 0 saturated heterocycles. The molecular formula is C7H10N2O3. The Kier molecular flexibility index (Phi) is 4.36. The molecule has 0 aromatic heterocycles. The van der Waals surface area contributed by atoms with Gasteiger partial charge in [0.25, 0.3) is 5.91 Å². The Balaban J connectivity index is 3.91. The lowest BCUT2D eigenvalue weighted by molar-refractivity contribution is -0.131. The Hall–Kier alpha value is -1.65. The van der Waals surface area contributed by atoms with Gasteiger partial charge in [-0.3, -0.25) is 4.79 Å². The fraction of sp³-hybridized carbons (Fsp3) is 0.286. The van der Waals surface area contributed by atoms with Gasteiger partial charge in [0.15, 0.2) is 0 Å². The number of carboxylic acid groups (broad SMARTS) is 1. The average Bonchev–Trinajstić information content (AvgIpc) is 1.96. The molecule has 0 unspecified atom stereocenters. The van der Waals surface area contributed by atoms with Crippen molar-refractivity contribution in [3.8, 4) is 0 Å². The van der Waals surface area contributed by atoms with Gasteiger partial charge in [-0.05, 0) is 13.8 Å². The van der Waals surface area contributed by atoms with Gasteiger partial charge < -0.3 is 5.11 Å². The van der Waals surface area contributed by atoms with Crippen LogP contribution in [0.3, 0.4) is 0 Å². The highest BCUT2D eigenvalue weighted by Crippen LogP contribution is 1.75. The standard InChI is InChI=1S/C7H10N2O3/c1-5(2)8-9-6(10)3-4-7(11)12/h3-4H,1-2H3,(H,9,10)(H,11,12)/b4-3+. The molecule has 0 radical (unpaired) electrons. The van der Waals surface area contributed by atoms with Crippen LogP contribution in [0.4, 0.5) is 0 Å². The first-order chi connectivity index (χ1) is 5.52. The molecule has 2 N–H and O–H groups in total. The molecule has 1 amide bonds. The Morgan fingerprint density at radius 1 is 1.33 bits per heavy atom. The summed E-state index contributed by atoms with van der Waals surface area (Å²) in [5.74, 6) is -1.72. The van der Waals surface area contributed by atoms with Crippen molar-refractivity contribution in [2.75, 3.05) is 0 Å². The molecule has 0 spiro atoms. The summed E-state index contributed by atoms with van der Waals surface area (Å²) in [6, 6.07) is 0. The average molecular weight is 170 g/mol. The molecule has 5 nitrogen and oxygen atoms in total. The minimum atomic E-state index is -1.16. The van der Waals surface area contributed by atoms with Crippen LogP contribution < -0.4 is 5.43 Å². The molecule has 0 aliphatic heterocycles. The molecule has 5 heteroatoms. The number of nitrogens with one attached hydrogen (secondary N) is 1. The van der Waals surface area contributed by atoms with Crippen molar-refractivity contribution in [3.05, 3.63) is 12.2 Å². The second-order valence-electron chi connectivity index (χ2n) is 2.21. The van der Waals surface area contributed by atoms with Crippen LogP contribution in [0.25, 0.3) is 0 Å². The van der Waals surface area contributed by atoms with Gasteiger partial charge in [0.1, 0.15) is 0 Å². The first-order valence-electron chi connectivity index (χ1n) is 3.24. The zero-order chi connectivity index (χ0) is 9.56. The highest BCUT2D eigenvalue weighted by molar-refractivity contribution is 5.94. The van der Waals surface area contributed by atoms with Crippen molar-refractivity contribution in [3.63, 3.8) is 0 Å². The van der Waals surface area contributed by atoms with Crippen molar-refractivity contribution in [2.24, 2.45) is 5.10 Å². The zero-order valence-corrected chi connectivity index (χ0v) is 6.87. The number of hydrogen-bond donors (Lipinski definition) is 2. The number of carbonyl (C=O) groups is 2. The molecule has 0 aromatic rings. The summed E-state index contributed by atoms with van der Waals surface area (Å²) in [5.41, 5.74) is 2.82. The Morgan fingerprint density at radius 2 is 1.92 bits per heavy atom. The van der Waals surface area contributed by atoms with E-state index in [0.717, 1.165) is 12.2 Å². The lowest BCUT2D eigenvalue weighted by Gasteiger charge is -1.92. The van der Waals surface area contributed by atoms with E-state index in [-0.39, 0.29) is 0 Å². The van der Waals surface area contributed by atoms with Gasteiger partial charge in [-0.2, -0.15) is 5.10 Å². The predicted octanol–water partition coefficient (Wildman–Crippen LogP) is 0.139. The summed E-state index contributed by atoms with van der Waals surface area (Å²) in [5, 5.41) is 11.7. The minimum absolute atomic E-state index is 0.557. The van der Waals surface area contributed by atoms with Crippen molar-refractivity contribution < 1.29 is 14.7 Å². The molecule has 0 fully saturated rings. The van der Waals surface area contributed by atoms with Crippen LogP contribution in [0, 0.1) is 0 Å². The van der Waals surface area contributed by atoms with E-state index < -0.39 is 11.9 Å². The molecule has 12 heavy (non-hydrogen) atoms. The third-order valence-electron chi connectivity index (χ3n) is 0.767. The van der Waals surface area contributed by atoms with Gasteiger partial charge in [-0.1, -0.05) is 0 Å². The summed E-state index contributed by atoms with van der Waals surface area (Å²) in [4.78, 5) is 20.6. The summed E-state index contributed by atoms with van der Waals surface area (Å²) >= 11 is 0. The third-order valence-corrected chi connectivity index (χ3v) is 0.767. The van der Waals surface area contributed by atoms with Crippen molar-refractivity contribution >= 4 is 17.6 Å². The normalized spacial score (nSPS) is 9.50. The van der Waals surface area contributed by atoms with Crippen LogP contribution in [0.5, 0.6) is 0 Å². The summed E-state index contributed by atoms with van der Waals surface area (Å²) in [6.45, 7) is 3.42. The second-order valence-corrected chi connectivity index (χ2v) is 2.21. The quantitative estimate of drug-likeness (QED) is 0.359. The highest BCUT2D eigenvalue weighted by atomic mass is 16.4. The number of carbonyl (C=O) groups excluding carboxylic acids is 1. The number of carboxylic acids is 1. The maximum absolute atomic E-state index is 10.7. The van der Waals surface area contributed by atoms with Crippen LogP contribution in [-0.4, -0.2) is 22.7 Å². The van der Waals surface area contributed by atoms with Crippen molar-refractivity contribution in [1.82, 2.24) is 5.43 Å². The number of hydrogen-bond acceptors (Lipinski definition) is 3. The van der Waals surface area contributed by atoms with E-state index in [2.05, 4.69) is 10.5 Å². The van der Waals surface area contributed by atoms with Gasteiger partial charge in [0.2, 0.25) is 0 Å². The Bertz CT molecular complexity index is 239. The summed E-state index contributed by atoms with van der Waals surface area (Å²) in [6.07, 6.45) is 1.64. The van der Waals surface area contributed by atoms with Gasteiger partial charge >= 0.3 is 5.97 Å². The van der Waals surface area contributed by atoms with Crippen molar-refractivity contribution in [1.29, 1.82) is 0 Å². The number of aliphatic carboxylic acids is 1. The third kappa shape index (κ3) is 6.47. The molecule has 0 atom stereocenters. The highest BCUT2D eigenvalue weighted by Gasteiger charge is 1.93. The Labute approximate surface area is 69.8 Å². The van der Waals surface area contributed by atoms with E-state index in [0.29, 0.717) is 5.71 Å². The van der Waals surface area contributed by atoms with Crippen LogP contribution in [0.15, 0.2) is 17.3 Å². The molecule has 0 heterocycles. The van der Waals surface area contributed by atoms with Crippen LogP contribution in [0.1, 0.15) is 13.8 Å². The fourth-order valence-corrected chi connectivity index (χ4v) is 0.351. The molecular weight excluding hydrogens is 160 g/mol. The van der Waals surface area contributed by atoms with E-state index in [1.807, 2.05) is 0 Å². The summed E-state index contributed by atoms with van der Waals surface area (Å²) < 4.78 is 0. The SMILES string of the molecule is CC(C)=NNC(=O)/C=C/C(=O)O. The second kappa shape index (κ2) is 5.06. The first kappa shape index (κ1) is 10.3. The zero-order valence-electron chi connectivity index (χ0n) is 6.87. The van der Waals surface area contributed by atoms with E-state index in [4.69, 9.17) is 5.11 Å². The summed E-state index contributed by atoms with van der Waals surface area (Å²) in [7, 11) is 0. The molecule has 0 aliphatic carbocycles. The molecule has 0 rings (SSSR count). The lowest BCUT2D eigenvalue weighted by Crippen LogP contribution is -2.15. The van der Waals surface area contributed by atoms with E-state index in [1.165, 1.54) is 0 Å². The molecule has 0 aromatic carbocycles. The van der Waals surface area contributed by atoms with Crippen LogP contribution >= 0.6 is 0 Å².